The van der Waals surface area contributed by atoms with Crippen LogP contribution in [0.2, 0.25) is 0 Å². The van der Waals surface area contributed by atoms with E-state index < -0.39 is 0 Å². The van der Waals surface area contributed by atoms with Crippen LogP contribution in [0.5, 0.6) is 0 Å². The highest BCUT2D eigenvalue weighted by atomic mass is 16.2. The summed E-state index contributed by atoms with van der Waals surface area (Å²) in [5.41, 5.74) is 1.16. The molecular weight excluding hydrogens is 198 g/mol. The van der Waals surface area contributed by atoms with Gasteiger partial charge in [-0.25, -0.2) is 0 Å². The third kappa shape index (κ3) is 2.63. The number of carbonyl (C=O) groups is 1. The minimum Gasteiger partial charge on any atom is -0.351 e. The van der Waals surface area contributed by atoms with Gasteiger partial charge in [0.2, 0.25) is 5.91 Å². The van der Waals surface area contributed by atoms with E-state index in [9.17, 15) is 4.79 Å². The summed E-state index contributed by atoms with van der Waals surface area (Å²) in [6.45, 7) is 6.06. The van der Waals surface area contributed by atoms with Crippen LogP contribution in [0, 0.1) is 5.92 Å². The van der Waals surface area contributed by atoms with E-state index in [0.717, 1.165) is 6.42 Å². The fourth-order valence-corrected chi connectivity index (χ4v) is 2.02. The van der Waals surface area contributed by atoms with Crippen LogP contribution in [0.3, 0.4) is 0 Å². The number of nitrogens with one attached hydrogen (secondary N) is 1. The second-order valence-electron chi connectivity index (χ2n) is 5.60. The van der Waals surface area contributed by atoms with Crippen molar-refractivity contribution in [1.82, 2.24) is 5.32 Å². The van der Waals surface area contributed by atoms with Gasteiger partial charge in [-0.1, -0.05) is 30.3 Å². The van der Waals surface area contributed by atoms with Crippen molar-refractivity contribution >= 4 is 5.91 Å². The summed E-state index contributed by atoms with van der Waals surface area (Å²) in [6, 6.07) is 10.3. The van der Waals surface area contributed by atoms with Crippen LogP contribution in [-0.2, 0) is 4.79 Å². The first-order chi connectivity index (χ1) is 7.47. The zero-order valence-corrected chi connectivity index (χ0v) is 10.2. The molecule has 2 rings (SSSR count). The smallest absolute Gasteiger partial charge is 0.224 e. The quantitative estimate of drug-likeness (QED) is 0.810. The third-order valence-electron chi connectivity index (χ3n) is 2.85. The summed E-state index contributed by atoms with van der Waals surface area (Å²) in [6.07, 6.45) is 0.992. The van der Waals surface area contributed by atoms with Crippen molar-refractivity contribution in [3.63, 3.8) is 0 Å². The fourth-order valence-electron chi connectivity index (χ4n) is 2.02. The Kier molecular flexibility index (Phi) is 2.75. The molecule has 2 heteroatoms. The van der Waals surface area contributed by atoms with Gasteiger partial charge in [0.25, 0.3) is 0 Å². The van der Waals surface area contributed by atoms with Gasteiger partial charge < -0.3 is 5.32 Å². The summed E-state index contributed by atoms with van der Waals surface area (Å²) in [7, 11) is 0. The molecule has 0 heterocycles. The first-order valence-corrected chi connectivity index (χ1v) is 5.84. The van der Waals surface area contributed by atoms with E-state index >= 15 is 0 Å². The van der Waals surface area contributed by atoms with Crippen LogP contribution >= 0.6 is 0 Å². The lowest BCUT2D eigenvalue weighted by Gasteiger charge is -2.20. The molecule has 0 radical (unpaired) electrons. The molecule has 1 saturated carbocycles. The Morgan fingerprint density at radius 3 is 2.44 bits per heavy atom. The summed E-state index contributed by atoms with van der Waals surface area (Å²) in [4.78, 5) is 11.9. The molecule has 1 aliphatic rings. The maximum absolute atomic E-state index is 11.9. The van der Waals surface area contributed by atoms with Crippen LogP contribution in [0.4, 0.5) is 0 Å². The van der Waals surface area contributed by atoms with Gasteiger partial charge in [-0.05, 0) is 38.7 Å². The van der Waals surface area contributed by atoms with Crippen LogP contribution in [-0.4, -0.2) is 11.4 Å². The number of rotatable bonds is 2. The Morgan fingerprint density at radius 2 is 1.88 bits per heavy atom. The predicted octanol–water partition coefficient (Wildman–Crippen LogP) is 2.70. The largest absolute Gasteiger partial charge is 0.351 e. The molecule has 0 bridgehead atoms. The maximum Gasteiger partial charge on any atom is 0.224 e. The van der Waals surface area contributed by atoms with Crippen molar-refractivity contribution in [3.8, 4) is 0 Å². The van der Waals surface area contributed by atoms with E-state index in [0.29, 0.717) is 5.92 Å². The minimum absolute atomic E-state index is 0.124. The van der Waals surface area contributed by atoms with Crippen molar-refractivity contribution < 1.29 is 4.79 Å². The average Bonchev–Trinajstić information content (AvgIpc) is 2.96. The number of amides is 1. The van der Waals surface area contributed by atoms with E-state index in [1.807, 2.05) is 39.0 Å². The number of hydrogen-bond acceptors (Lipinski definition) is 1. The molecule has 0 aliphatic heterocycles. The Morgan fingerprint density at radius 1 is 1.25 bits per heavy atom. The number of carbonyl (C=O) groups excluding carboxylic acids is 1. The van der Waals surface area contributed by atoms with Gasteiger partial charge in [-0.2, -0.15) is 0 Å². The first kappa shape index (κ1) is 11.2. The highest BCUT2D eigenvalue weighted by Crippen LogP contribution is 2.47. The summed E-state index contributed by atoms with van der Waals surface area (Å²) in [5.74, 6) is 0.812. The Balaban J connectivity index is 1.95. The zero-order valence-electron chi connectivity index (χ0n) is 10.2. The molecule has 0 spiro atoms. The molecule has 2 atom stereocenters. The van der Waals surface area contributed by atoms with Crippen molar-refractivity contribution in [2.45, 2.75) is 38.6 Å². The lowest BCUT2D eigenvalue weighted by Crippen LogP contribution is -2.41. The van der Waals surface area contributed by atoms with Gasteiger partial charge >= 0.3 is 0 Å². The van der Waals surface area contributed by atoms with Crippen molar-refractivity contribution in [3.05, 3.63) is 35.9 Å². The lowest BCUT2D eigenvalue weighted by atomic mass is 10.1. The summed E-state index contributed by atoms with van der Waals surface area (Å²) >= 11 is 0. The molecule has 1 amide bonds. The van der Waals surface area contributed by atoms with Crippen LogP contribution < -0.4 is 5.32 Å². The van der Waals surface area contributed by atoms with Crippen LogP contribution in [0.15, 0.2) is 30.3 Å². The van der Waals surface area contributed by atoms with Gasteiger partial charge in [0.1, 0.15) is 0 Å². The van der Waals surface area contributed by atoms with Crippen molar-refractivity contribution in [2.75, 3.05) is 0 Å². The van der Waals surface area contributed by atoms with Gasteiger partial charge in [0.15, 0.2) is 0 Å². The van der Waals surface area contributed by atoms with E-state index in [1.54, 1.807) is 0 Å². The number of hydrogen-bond donors (Lipinski definition) is 1. The summed E-state index contributed by atoms with van der Waals surface area (Å²) in [5, 5.41) is 3.04. The van der Waals surface area contributed by atoms with Gasteiger partial charge in [-0.3, -0.25) is 4.79 Å². The molecule has 16 heavy (non-hydrogen) atoms. The average molecular weight is 217 g/mol. The Labute approximate surface area is 97.1 Å². The normalized spacial score (nSPS) is 23.9. The zero-order chi connectivity index (χ0) is 11.8. The minimum atomic E-state index is -0.124. The van der Waals surface area contributed by atoms with E-state index in [4.69, 9.17) is 0 Å². The molecule has 1 fully saturated rings. The third-order valence-corrected chi connectivity index (χ3v) is 2.85. The SMILES string of the molecule is CC(C)(C)NC(=O)C1CC1c1ccccc1. The highest BCUT2D eigenvalue weighted by molar-refractivity contribution is 5.83. The van der Waals surface area contributed by atoms with E-state index in [2.05, 4.69) is 17.4 Å². The summed E-state index contributed by atoms with van der Waals surface area (Å²) < 4.78 is 0. The molecule has 1 N–H and O–H groups in total. The molecule has 86 valence electrons. The number of benzene rings is 1. The topological polar surface area (TPSA) is 29.1 Å². The standard InChI is InChI=1S/C14H19NO/c1-14(2,3)15-13(16)12-9-11(12)10-7-5-4-6-8-10/h4-8,11-12H,9H2,1-3H3,(H,15,16). The maximum atomic E-state index is 11.9. The molecule has 0 aromatic heterocycles. The molecule has 2 nitrogen and oxygen atoms in total. The molecule has 1 aliphatic carbocycles. The molecule has 1 aromatic rings. The van der Waals surface area contributed by atoms with Crippen molar-refractivity contribution in [2.24, 2.45) is 5.92 Å². The second-order valence-corrected chi connectivity index (χ2v) is 5.60. The second kappa shape index (κ2) is 3.93. The highest BCUT2D eigenvalue weighted by Gasteiger charge is 2.44. The molecule has 1 aromatic carbocycles. The van der Waals surface area contributed by atoms with E-state index in [1.165, 1.54) is 5.56 Å². The first-order valence-electron chi connectivity index (χ1n) is 5.84. The van der Waals surface area contributed by atoms with Crippen LogP contribution in [0.25, 0.3) is 0 Å². The monoisotopic (exact) mass is 217 g/mol. The lowest BCUT2D eigenvalue weighted by molar-refractivity contribution is -0.123. The van der Waals surface area contributed by atoms with Crippen molar-refractivity contribution in [1.29, 1.82) is 0 Å². The Bertz CT molecular complexity index is 377. The predicted molar refractivity (Wildman–Crippen MR) is 65.2 cm³/mol. The van der Waals surface area contributed by atoms with Crippen LogP contribution in [0.1, 0.15) is 38.7 Å². The molecule has 2 unspecified atom stereocenters. The molecular formula is C14H19NO. The van der Waals surface area contributed by atoms with E-state index in [-0.39, 0.29) is 17.4 Å². The fraction of sp³-hybridized carbons (Fsp3) is 0.500. The van der Waals surface area contributed by atoms with Gasteiger partial charge in [0, 0.05) is 11.5 Å². The Hall–Kier alpha value is -1.31. The molecule has 0 saturated heterocycles. The van der Waals surface area contributed by atoms with Gasteiger partial charge in [0.05, 0.1) is 0 Å². The van der Waals surface area contributed by atoms with Gasteiger partial charge in [-0.15, -0.1) is 0 Å².